The van der Waals surface area contributed by atoms with Crippen molar-refractivity contribution in [2.24, 2.45) is 0 Å². The molecule has 2 atom stereocenters. The lowest BCUT2D eigenvalue weighted by atomic mass is 10.1. The van der Waals surface area contributed by atoms with E-state index in [1.165, 1.54) is 57.8 Å². The second kappa shape index (κ2) is 39.7. The Bertz CT molecular complexity index is 1140. The highest BCUT2D eigenvalue weighted by Crippen LogP contribution is 2.36. The van der Waals surface area contributed by atoms with Gasteiger partial charge in [-0.3, -0.25) is 14.1 Å². The lowest BCUT2D eigenvalue weighted by Crippen LogP contribution is -2.29. The van der Waals surface area contributed by atoms with Crippen LogP contribution in [0.1, 0.15) is 174 Å². The number of hydrogen-bond donors (Lipinski definition) is 3. The third kappa shape index (κ3) is 42.4. The molecule has 0 saturated heterocycles. The van der Waals surface area contributed by atoms with Crippen molar-refractivity contribution in [3.05, 3.63) is 72.9 Å². The molecule has 0 spiro atoms. The molecule has 316 valence electrons. The molecular formula is C45H77O9P. The Balaban J connectivity index is 4.06. The molecule has 9 nitrogen and oxygen atoms in total. The minimum atomic E-state index is -4.79. The molecule has 0 heterocycles. The topological polar surface area (TPSA) is 140 Å². The third-order valence-electron chi connectivity index (χ3n) is 8.80. The summed E-state index contributed by atoms with van der Waals surface area (Å²) < 4.78 is 26.3. The molecular weight excluding hydrogens is 715 g/mol. The number of hydrogen-bond acceptors (Lipinski definition) is 7. The Morgan fingerprint density at radius 2 is 1.05 bits per heavy atom. The predicted molar refractivity (Wildman–Crippen MR) is 226 cm³/mol. The fraction of sp³-hybridized carbons (Fsp3) is 0.689. The predicted octanol–water partition coefficient (Wildman–Crippen LogP) is 12.0. The number of carbonyl (C=O) groups is 2. The van der Waals surface area contributed by atoms with Crippen molar-refractivity contribution in [2.45, 2.75) is 187 Å². The highest BCUT2D eigenvalue weighted by atomic mass is 31.2. The molecule has 0 aliphatic heterocycles. The van der Waals surface area contributed by atoms with Crippen molar-refractivity contribution in [2.75, 3.05) is 13.2 Å². The molecule has 0 aliphatic rings. The maximum Gasteiger partial charge on any atom is 0.469 e. The Kier molecular flexibility index (Phi) is 37.8. The van der Waals surface area contributed by atoms with E-state index in [2.05, 4.69) is 54.8 Å². The zero-order valence-electron chi connectivity index (χ0n) is 34.4. The van der Waals surface area contributed by atoms with Crippen LogP contribution in [0.5, 0.6) is 0 Å². The van der Waals surface area contributed by atoms with Crippen LogP contribution < -0.4 is 0 Å². The first-order valence-corrected chi connectivity index (χ1v) is 22.9. The van der Waals surface area contributed by atoms with Gasteiger partial charge in [0.15, 0.2) is 6.10 Å². The minimum Gasteiger partial charge on any atom is -0.462 e. The van der Waals surface area contributed by atoms with Crippen LogP contribution in [0.25, 0.3) is 0 Å². The Morgan fingerprint density at radius 3 is 1.65 bits per heavy atom. The van der Waals surface area contributed by atoms with E-state index in [0.29, 0.717) is 19.3 Å². The molecule has 0 radical (unpaired) electrons. The highest BCUT2D eigenvalue weighted by molar-refractivity contribution is 7.46. The molecule has 0 aromatic rings. The van der Waals surface area contributed by atoms with E-state index in [1.54, 1.807) is 0 Å². The van der Waals surface area contributed by atoms with E-state index in [0.717, 1.165) is 70.6 Å². The van der Waals surface area contributed by atoms with Crippen LogP contribution in [0.2, 0.25) is 0 Å². The molecule has 0 bridgehead atoms. The van der Waals surface area contributed by atoms with Crippen molar-refractivity contribution in [1.82, 2.24) is 0 Å². The second-order valence-corrected chi connectivity index (χ2v) is 15.4. The fourth-order valence-corrected chi connectivity index (χ4v) is 5.92. The fourth-order valence-electron chi connectivity index (χ4n) is 5.56. The highest BCUT2D eigenvalue weighted by Gasteiger charge is 2.22. The third-order valence-corrected chi connectivity index (χ3v) is 9.29. The maximum absolute atomic E-state index is 12.4. The number of phosphoric acid groups is 1. The molecule has 0 aromatic carbocycles. The number of aliphatic hydroxyl groups is 1. The maximum atomic E-state index is 12.4. The molecule has 0 saturated carbocycles. The lowest BCUT2D eigenvalue weighted by Gasteiger charge is -2.18. The number of aliphatic hydroxyl groups excluding tert-OH is 1. The standard InChI is InChI=1S/C45H77O9P/c1-3-5-7-8-9-10-11-12-13-14-15-16-17-18-21-24-27-30-34-38-44(47)52-40-43(41-53-55(49,50)51)54-45(48)39-35-31-28-25-22-19-20-23-26-29-33-37-42(46)36-32-6-4-2/h9-10,12-13,19-20,25-26,28-29,33,37,42-43,46H,3-8,11,14-18,21-24,27,30-32,34-36,38-41H2,1-2H3,(H2,49,50,51)/b10-9-,13-12-,20-19-,28-25-,29-26-,37-33+/t42-,43+/m0/s1. The molecule has 0 aromatic heterocycles. The summed E-state index contributed by atoms with van der Waals surface area (Å²) in [6, 6.07) is 0. The van der Waals surface area contributed by atoms with Crippen molar-refractivity contribution in [1.29, 1.82) is 0 Å². The van der Waals surface area contributed by atoms with Crippen LogP contribution in [0.3, 0.4) is 0 Å². The molecule has 3 N–H and O–H groups in total. The summed E-state index contributed by atoms with van der Waals surface area (Å²) in [6.07, 6.45) is 48.1. The SMILES string of the molecule is CCCCC/C=C\C/C=C\CCCCCCCCCCCC(=O)OC[C@H](COP(=O)(O)O)OC(=O)CCC/C=C\C/C=C\C/C=C\C=C\[C@@H](O)CCCCC. The average Bonchev–Trinajstić information content (AvgIpc) is 3.15. The molecule has 0 amide bonds. The van der Waals surface area contributed by atoms with Crippen LogP contribution in [0.15, 0.2) is 72.9 Å². The lowest BCUT2D eigenvalue weighted by molar-refractivity contribution is -0.161. The van der Waals surface area contributed by atoms with Gasteiger partial charge in [0.25, 0.3) is 0 Å². The van der Waals surface area contributed by atoms with Gasteiger partial charge in [-0.25, -0.2) is 4.57 Å². The van der Waals surface area contributed by atoms with Gasteiger partial charge in [0.05, 0.1) is 12.7 Å². The molecule has 0 unspecified atom stereocenters. The molecule has 0 fully saturated rings. The van der Waals surface area contributed by atoms with E-state index >= 15 is 0 Å². The van der Waals surface area contributed by atoms with Crippen LogP contribution in [0, 0.1) is 0 Å². The number of carbonyl (C=O) groups excluding carboxylic acids is 2. The van der Waals surface area contributed by atoms with E-state index in [9.17, 15) is 19.3 Å². The van der Waals surface area contributed by atoms with E-state index in [1.807, 2.05) is 36.5 Å². The number of rotatable bonds is 38. The Hall–Kier alpha value is -2.55. The second-order valence-electron chi connectivity index (χ2n) is 14.2. The number of ether oxygens (including phenoxy) is 2. The Morgan fingerprint density at radius 1 is 0.564 bits per heavy atom. The van der Waals surface area contributed by atoms with Gasteiger partial charge in [-0.2, -0.15) is 0 Å². The van der Waals surface area contributed by atoms with Gasteiger partial charge in [0.2, 0.25) is 0 Å². The van der Waals surface area contributed by atoms with Gasteiger partial charge in [-0.15, -0.1) is 0 Å². The quantitative estimate of drug-likeness (QED) is 0.0183. The zero-order valence-corrected chi connectivity index (χ0v) is 35.3. The Labute approximate surface area is 334 Å². The number of esters is 2. The van der Waals surface area contributed by atoms with Crippen molar-refractivity contribution in [3.63, 3.8) is 0 Å². The van der Waals surface area contributed by atoms with Gasteiger partial charge in [-0.1, -0.05) is 164 Å². The monoisotopic (exact) mass is 793 g/mol. The summed E-state index contributed by atoms with van der Waals surface area (Å²) >= 11 is 0. The van der Waals surface area contributed by atoms with Crippen LogP contribution in [-0.2, 0) is 28.2 Å². The first-order valence-electron chi connectivity index (χ1n) is 21.3. The van der Waals surface area contributed by atoms with Crippen molar-refractivity contribution in [3.8, 4) is 0 Å². The summed E-state index contributed by atoms with van der Waals surface area (Å²) in [5.74, 6) is -0.986. The summed E-state index contributed by atoms with van der Waals surface area (Å²) in [5.41, 5.74) is 0. The van der Waals surface area contributed by atoms with Crippen LogP contribution >= 0.6 is 7.82 Å². The van der Waals surface area contributed by atoms with Crippen LogP contribution in [-0.4, -0.2) is 52.3 Å². The smallest absolute Gasteiger partial charge is 0.462 e. The summed E-state index contributed by atoms with van der Waals surface area (Å²) in [4.78, 5) is 42.8. The minimum absolute atomic E-state index is 0.112. The van der Waals surface area contributed by atoms with Gasteiger partial charge < -0.3 is 24.4 Å². The van der Waals surface area contributed by atoms with Gasteiger partial charge in [0, 0.05) is 12.8 Å². The molecule has 0 aliphatic carbocycles. The molecule has 0 rings (SSSR count). The molecule has 10 heteroatoms. The number of phosphoric ester groups is 1. The first-order chi connectivity index (χ1) is 26.7. The first kappa shape index (κ1) is 52.5. The summed E-state index contributed by atoms with van der Waals surface area (Å²) in [7, 11) is -4.79. The van der Waals surface area contributed by atoms with E-state index < -0.39 is 32.5 Å². The normalized spacial score (nSPS) is 13.8. The van der Waals surface area contributed by atoms with E-state index in [-0.39, 0.29) is 25.6 Å². The summed E-state index contributed by atoms with van der Waals surface area (Å²) in [5, 5.41) is 9.87. The average molecular weight is 793 g/mol. The van der Waals surface area contributed by atoms with Gasteiger partial charge >= 0.3 is 19.8 Å². The van der Waals surface area contributed by atoms with Crippen molar-refractivity contribution < 1.29 is 43.0 Å². The largest absolute Gasteiger partial charge is 0.469 e. The summed E-state index contributed by atoms with van der Waals surface area (Å²) in [6.45, 7) is 3.48. The van der Waals surface area contributed by atoms with Gasteiger partial charge in [0.1, 0.15) is 6.61 Å². The zero-order chi connectivity index (χ0) is 40.5. The molecule has 55 heavy (non-hydrogen) atoms. The van der Waals surface area contributed by atoms with Crippen LogP contribution in [0.4, 0.5) is 0 Å². The van der Waals surface area contributed by atoms with E-state index in [4.69, 9.17) is 19.3 Å². The van der Waals surface area contributed by atoms with Crippen molar-refractivity contribution >= 4 is 19.8 Å². The number of unbranched alkanes of at least 4 members (excludes halogenated alkanes) is 15. The van der Waals surface area contributed by atoms with Gasteiger partial charge in [-0.05, 0) is 70.6 Å². The number of allylic oxidation sites excluding steroid dienone is 11.